The van der Waals surface area contributed by atoms with Gasteiger partial charge in [-0.25, -0.2) is 4.39 Å². The van der Waals surface area contributed by atoms with Crippen LogP contribution >= 0.6 is 0 Å². The van der Waals surface area contributed by atoms with Crippen LogP contribution in [0.2, 0.25) is 0 Å². The molecular formula is C14H17FN2O4. The topological polar surface area (TPSA) is 83.7 Å². The lowest BCUT2D eigenvalue weighted by Crippen LogP contribution is -2.41. The van der Waals surface area contributed by atoms with Gasteiger partial charge in [0.25, 0.3) is 11.6 Å². The van der Waals surface area contributed by atoms with E-state index in [0.29, 0.717) is 25.9 Å². The highest BCUT2D eigenvalue weighted by Gasteiger charge is 2.28. The molecule has 1 unspecified atom stereocenters. The second-order valence-electron chi connectivity index (χ2n) is 5.29. The molecule has 0 bridgehead atoms. The Labute approximate surface area is 121 Å². The number of nitro groups is 1. The Kier molecular flexibility index (Phi) is 4.52. The quantitative estimate of drug-likeness (QED) is 0.682. The predicted molar refractivity (Wildman–Crippen MR) is 73.4 cm³/mol. The van der Waals surface area contributed by atoms with E-state index in [4.69, 9.17) is 0 Å². The van der Waals surface area contributed by atoms with Crippen LogP contribution in [-0.4, -0.2) is 40.0 Å². The number of carbonyl (C=O) groups excluding carboxylic acids is 1. The summed E-state index contributed by atoms with van der Waals surface area (Å²) >= 11 is 0. The van der Waals surface area contributed by atoms with Crippen LogP contribution in [-0.2, 0) is 0 Å². The molecule has 0 aliphatic carbocycles. The molecule has 1 N–H and O–H groups in total. The van der Waals surface area contributed by atoms with Crippen LogP contribution in [0.5, 0.6) is 0 Å². The van der Waals surface area contributed by atoms with E-state index in [1.54, 1.807) is 6.92 Å². The molecule has 1 aromatic rings. The van der Waals surface area contributed by atoms with Crippen molar-refractivity contribution < 1.29 is 19.2 Å². The number of carbonyl (C=O) groups is 1. The van der Waals surface area contributed by atoms with Gasteiger partial charge in [-0.1, -0.05) is 0 Å². The Morgan fingerprint density at radius 1 is 1.48 bits per heavy atom. The van der Waals surface area contributed by atoms with Crippen LogP contribution in [0.15, 0.2) is 18.2 Å². The molecule has 114 valence electrons. The molecule has 1 aliphatic heterocycles. The van der Waals surface area contributed by atoms with Gasteiger partial charge < -0.3 is 10.0 Å². The van der Waals surface area contributed by atoms with Crippen molar-refractivity contribution in [1.29, 1.82) is 0 Å². The van der Waals surface area contributed by atoms with Gasteiger partial charge in [-0.3, -0.25) is 14.9 Å². The van der Waals surface area contributed by atoms with E-state index in [1.165, 1.54) is 4.90 Å². The van der Waals surface area contributed by atoms with Crippen molar-refractivity contribution in [3.05, 3.63) is 39.7 Å². The van der Waals surface area contributed by atoms with Gasteiger partial charge in [0, 0.05) is 25.2 Å². The van der Waals surface area contributed by atoms with Crippen LogP contribution < -0.4 is 0 Å². The first-order chi connectivity index (χ1) is 9.90. The summed E-state index contributed by atoms with van der Waals surface area (Å²) in [7, 11) is 0. The lowest BCUT2D eigenvalue weighted by molar-refractivity contribution is -0.384. The molecule has 1 saturated heterocycles. The number of likely N-dealkylation sites (tertiary alicyclic amines) is 1. The average molecular weight is 296 g/mol. The smallest absolute Gasteiger partial charge is 0.270 e. The lowest BCUT2D eigenvalue weighted by atomic mass is 9.92. The van der Waals surface area contributed by atoms with Crippen molar-refractivity contribution in [3.8, 4) is 0 Å². The molecule has 1 heterocycles. The SMILES string of the molecule is CC(O)C1CCN(C(=O)c2cc([N+](=O)[O-])ccc2F)CC1. The summed E-state index contributed by atoms with van der Waals surface area (Å²) < 4.78 is 13.7. The number of amides is 1. The maximum absolute atomic E-state index is 13.7. The molecule has 7 heteroatoms. The van der Waals surface area contributed by atoms with Crippen LogP contribution in [0.3, 0.4) is 0 Å². The largest absolute Gasteiger partial charge is 0.393 e. The van der Waals surface area contributed by atoms with E-state index in [0.717, 1.165) is 18.2 Å². The minimum Gasteiger partial charge on any atom is -0.393 e. The van der Waals surface area contributed by atoms with Crippen LogP contribution in [0.4, 0.5) is 10.1 Å². The van der Waals surface area contributed by atoms with Crippen molar-refractivity contribution in [1.82, 2.24) is 4.90 Å². The van der Waals surface area contributed by atoms with Crippen molar-refractivity contribution in [2.45, 2.75) is 25.9 Å². The highest BCUT2D eigenvalue weighted by Crippen LogP contribution is 2.24. The predicted octanol–water partition coefficient (Wildman–Crippen LogP) is 1.97. The summed E-state index contributed by atoms with van der Waals surface area (Å²) in [6.07, 6.45) is 0.844. The maximum atomic E-state index is 13.7. The number of hydrogen-bond donors (Lipinski definition) is 1. The number of piperidine rings is 1. The number of non-ortho nitro benzene ring substituents is 1. The van der Waals surface area contributed by atoms with Crippen LogP contribution in [0, 0.1) is 21.8 Å². The minimum absolute atomic E-state index is 0.129. The zero-order valence-corrected chi connectivity index (χ0v) is 11.7. The molecule has 1 aromatic carbocycles. The second-order valence-corrected chi connectivity index (χ2v) is 5.29. The highest BCUT2D eigenvalue weighted by molar-refractivity contribution is 5.95. The summed E-state index contributed by atoms with van der Waals surface area (Å²) in [6.45, 7) is 2.54. The van der Waals surface area contributed by atoms with Crippen molar-refractivity contribution in [2.24, 2.45) is 5.92 Å². The van der Waals surface area contributed by atoms with E-state index in [-0.39, 0.29) is 17.2 Å². The minimum atomic E-state index is -0.761. The summed E-state index contributed by atoms with van der Waals surface area (Å²) in [5.41, 5.74) is -0.585. The fourth-order valence-corrected chi connectivity index (χ4v) is 2.55. The van der Waals surface area contributed by atoms with E-state index < -0.39 is 22.8 Å². The lowest BCUT2D eigenvalue weighted by Gasteiger charge is -2.33. The Balaban J connectivity index is 2.14. The van der Waals surface area contributed by atoms with E-state index in [1.807, 2.05) is 0 Å². The van der Waals surface area contributed by atoms with Gasteiger partial charge in [-0.05, 0) is 31.7 Å². The monoisotopic (exact) mass is 296 g/mol. The first kappa shape index (κ1) is 15.4. The van der Waals surface area contributed by atoms with E-state index in [9.17, 15) is 24.4 Å². The van der Waals surface area contributed by atoms with Crippen LogP contribution in [0.1, 0.15) is 30.1 Å². The van der Waals surface area contributed by atoms with Gasteiger partial charge in [0.15, 0.2) is 0 Å². The molecule has 0 saturated carbocycles. The van der Waals surface area contributed by atoms with Gasteiger partial charge in [0.1, 0.15) is 5.82 Å². The Bertz CT molecular complexity index is 554. The second kappa shape index (κ2) is 6.17. The third kappa shape index (κ3) is 3.36. The number of nitro benzene ring substituents is 1. The molecule has 1 atom stereocenters. The molecular weight excluding hydrogens is 279 g/mol. The molecule has 2 rings (SSSR count). The molecule has 0 aromatic heterocycles. The van der Waals surface area contributed by atoms with Gasteiger partial charge in [-0.15, -0.1) is 0 Å². The number of aliphatic hydroxyl groups excluding tert-OH is 1. The number of nitrogens with zero attached hydrogens (tertiary/aromatic N) is 2. The first-order valence-electron chi connectivity index (χ1n) is 6.81. The zero-order valence-electron chi connectivity index (χ0n) is 11.7. The molecule has 1 aliphatic rings. The molecule has 1 fully saturated rings. The molecule has 21 heavy (non-hydrogen) atoms. The summed E-state index contributed by atoms with van der Waals surface area (Å²) in [5.74, 6) is -1.17. The standard InChI is InChI=1S/C14H17FN2O4/c1-9(18)10-4-6-16(7-5-10)14(19)12-8-11(17(20)21)2-3-13(12)15/h2-3,8-10,18H,4-7H2,1H3. The zero-order chi connectivity index (χ0) is 15.6. The number of rotatable bonds is 3. The number of halogens is 1. The van der Waals surface area contributed by atoms with Gasteiger partial charge in [-0.2, -0.15) is 0 Å². The number of aliphatic hydroxyl groups is 1. The Morgan fingerprint density at radius 2 is 2.10 bits per heavy atom. The van der Waals surface area contributed by atoms with E-state index in [2.05, 4.69) is 0 Å². The van der Waals surface area contributed by atoms with Crippen molar-refractivity contribution in [3.63, 3.8) is 0 Å². The normalized spacial score (nSPS) is 17.6. The first-order valence-corrected chi connectivity index (χ1v) is 6.81. The fourth-order valence-electron chi connectivity index (χ4n) is 2.55. The maximum Gasteiger partial charge on any atom is 0.270 e. The van der Waals surface area contributed by atoms with Crippen molar-refractivity contribution >= 4 is 11.6 Å². The van der Waals surface area contributed by atoms with Crippen molar-refractivity contribution in [2.75, 3.05) is 13.1 Å². The van der Waals surface area contributed by atoms with Gasteiger partial charge in [0.05, 0.1) is 16.6 Å². The average Bonchev–Trinajstić information content (AvgIpc) is 2.47. The number of hydrogen-bond acceptors (Lipinski definition) is 4. The Hall–Kier alpha value is -2.02. The molecule has 6 nitrogen and oxygen atoms in total. The highest BCUT2D eigenvalue weighted by atomic mass is 19.1. The summed E-state index contributed by atoms with van der Waals surface area (Å²) in [4.78, 5) is 23.8. The third-order valence-electron chi connectivity index (χ3n) is 3.90. The fraction of sp³-hybridized carbons (Fsp3) is 0.500. The van der Waals surface area contributed by atoms with E-state index >= 15 is 0 Å². The number of benzene rings is 1. The molecule has 0 radical (unpaired) electrons. The molecule has 1 amide bonds. The summed E-state index contributed by atoms with van der Waals surface area (Å²) in [6, 6.07) is 2.94. The van der Waals surface area contributed by atoms with Gasteiger partial charge >= 0.3 is 0 Å². The van der Waals surface area contributed by atoms with Crippen LogP contribution in [0.25, 0.3) is 0 Å². The third-order valence-corrected chi connectivity index (χ3v) is 3.90. The summed E-state index contributed by atoms with van der Waals surface area (Å²) in [5, 5.41) is 20.2. The Morgan fingerprint density at radius 3 is 2.62 bits per heavy atom. The molecule has 0 spiro atoms. The van der Waals surface area contributed by atoms with Gasteiger partial charge in [0.2, 0.25) is 0 Å².